The molecule has 1 atom stereocenters. The molecule has 0 aliphatic carbocycles. The van der Waals surface area contributed by atoms with E-state index in [-0.39, 0.29) is 6.04 Å². The highest BCUT2D eigenvalue weighted by Crippen LogP contribution is 2.28. The summed E-state index contributed by atoms with van der Waals surface area (Å²) in [5.41, 5.74) is 2.96. The number of ether oxygens (including phenoxy) is 1. The van der Waals surface area contributed by atoms with Gasteiger partial charge in [-0.05, 0) is 29.8 Å². The van der Waals surface area contributed by atoms with Crippen molar-refractivity contribution in [2.24, 2.45) is 4.99 Å². The van der Waals surface area contributed by atoms with Crippen molar-refractivity contribution in [3.8, 4) is 0 Å². The van der Waals surface area contributed by atoms with Crippen molar-refractivity contribution in [1.29, 1.82) is 0 Å². The molecule has 0 bridgehead atoms. The van der Waals surface area contributed by atoms with Gasteiger partial charge >= 0.3 is 0 Å². The van der Waals surface area contributed by atoms with Gasteiger partial charge in [0.15, 0.2) is 0 Å². The Labute approximate surface area is 151 Å². The van der Waals surface area contributed by atoms with Gasteiger partial charge in [0, 0.05) is 6.20 Å². The van der Waals surface area contributed by atoms with E-state index in [2.05, 4.69) is 22.4 Å². The first-order chi connectivity index (χ1) is 12.3. The molecule has 3 aromatic rings. The summed E-state index contributed by atoms with van der Waals surface area (Å²) in [6, 6.07) is 21.7. The molecule has 0 fully saturated rings. The molecule has 4 nitrogen and oxygen atoms in total. The lowest BCUT2D eigenvalue weighted by Gasteiger charge is -2.11. The highest BCUT2D eigenvalue weighted by molar-refractivity contribution is 6.30. The van der Waals surface area contributed by atoms with E-state index in [4.69, 9.17) is 21.3 Å². The second-order valence-corrected chi connectivity index (χ2v) is 6.14. The van der Waals surface area contributed by atoms with Crippen LogP contribution >= 0.6 is 11.6 Å². The molecule has 2 aromatic carbocycles. The maximum atomic E-state index is 5.89. The molecule has 0 unspecified atom stereocenters. The van der Waals surface area contributed by atoms with Gasteiger partial charge in [-0.1, -0.05) is 54.1 Å². The molecule has 1 N–H and O–H groups in total. The van der Waals surface area contributed by atoms with Gasteiger partial charge in [-0.3, -0.25) is 0 Å². The van der Waals surface area contributed by atoms with Crippen LogP contribution in [0.5, 0.6) is 0 Å². The van der Waals surface area contributed by atoms with Crippen molar-refractivity contribution in [2.45, 2.75) is 6.04 Å². The molecular weight excluding hydrogens is 334 g/mol. The molecule has 0 radical (unpaired) electrons. The molecule has 5 heteroatoms. The number of nitrogens with one attached hydrogen (secondary N) is 1. The molecule has 1 aliphatic rings. The van der Waals surface area contributed by atoms with Crippen molar-refractivity contribution in [2.75, 3.05) is 11.9 Å². The van der Waals surface area contributed by atoms with Crippen LogP contribution in [0.25, 0.3) is 0 Å². The predicted octanol–water partition coefficient (Wildman–Crippen LogP) is 5.00. The fourth-order valence-corrected chi connectivity index (χ4v) is 2.85. The zero-order chi connectivity index (χ0) is 17.1. The Hall–Kier alpha value is -2.85. The van der Waals surface area contributed by atoms with Gasteiger partial charge in [-0.2, -0.15) is 0 Å². The van der Waals surface area contributed by atoms with E-state index in [1.165, 1.54) is 0 Å². The van der Waals surface area contributed by atoms with Crippen LogP contribution in [0.1, 0.15) is 17.2 Å². The first-order valence-electron chi connectivity index (χ1n) is 8.03. The molecule has 2 heterocycles. The molecule has 0 saturated heterocycles. The quantitative estimate of drug-likeness (QED) is 0.721. The number of hydrogen-bond donors (Lipinski definition) is 1. The Morgan fingerprint density at radius 2 is 1.76 bits per heavy atom. The lowest BCUT2D eigenvalue weighted by atomic mass is 10.1. The third-order valence-corrected chi connectivity index (χ3v) is 4.21. The van der Waals surface area contributed by atoms with Crippen LogP contribution in [0.2, 0.25) is 5.02 Å². The van der Waals surface area contributed by atoms with Crippen LogP contribution in [-0.4, -0.2) is 17.5 Å². The molecule has 4 rings (SSSR count). The number of anilines is 2. The average Bonchev–Trinajstić information content (AvgIpc) is 3.15. The van der Waals surface area contributed by atoms with Crippen LogP contribution in [0, 0.1) is 0 Å². The number of hydrogen-bond acceptors (Lipinski definition) is 4. The van der Waals surface area contributed by atoms with E-state index in [0.29, 0.717) is 17.5 Å². The lowest BCUT2D eigenvalue weighted by molar-refractivity contribution is 0.320. The number of rotatable bonds is 4. The van der Waals surface area contributed by atoms with E-state index in [9.17, 15) is 0 Å². The van der Waals surface area contributed by atoms with Crippen molar-refractivity contribution in [3.05, 3.63) is 89.1 Å². The summed E-state index contributed by atoms with van der Waals surface area (Å²) in [5.74, 6) is 1.36. The second kappa shape index (κ2) is 6.95. The second-order valence-electron chi connectivity index (χ2n) is 5.70. The highest BCUT2D eigenvalue weighted by atomic mass is 35.5. The van der Waals surface area contributed by atoms with E-state index in [1.54, 1.807) is 12.3 Å². The summed E-state index contributed by atoms with van der Waals surface area (Å²) < 4.78 is 5.87. The minimum absolute atomic E-state index is 0.0258. The van der Waals surface area contributed by atoms with Crippen LogP contribution in [-0.2, 0) is 4.74 Å². The lowest BCUT2D eigenvalue weighted by Crippen LogP contribution is -2.05. The van der Waals surface area contributed by atoms with Crippen molar-refractivity contribution >= 4 is 29.0 Å². The first kappa shape index (κ1) is 15.7. The van der Waals surface area contributed by atoms with E-state index in [0.717, 1.165) is 22.6 Å². The van der Waals surface area contributed by atoms with Crippen LogP contribution in [0.15, 0.2) is 77.9 Å². The van der Waals surface area contributed by atoms with Gasteiger partial charge in [0.2, 0.25) is 5.90 Å². The monoisotopic (exact) mass is 349 g/mol. The SMILES string of the molecule is Clc1ccc(Nc2ccccc2C2=N[C@@H](c3ccccc3)CO2)nc1. The number of aromatic nitrogens is 1. The summed E-state index contributed by atoms with van der Waals surface area (Å²) >= 11 is 5.89. The molecule has 1 aliphatic heterocycles. The van der Waals surface area contributed by atoms with Gasteiger partial charge in [-0.15, -0.1) is 0 Å². The smallest absolute Gasteiger partial charge is 0.219 e. The number of benzene rings is 2. The van der Waals surface area contributed by atoms with E-state index in [1.807, 2.05) is 48.5 Å². The summed E-state index contributed by atoms with van der Waals surface area (Å²) in [4.78, 5) is 9.04. The topological polar surface area (TPSA) is 46.5 Å². The zero-order valence-corrected chi connectivity index (χ0v) is 14.1. The van der Waals surface area contributed by atoms with Gasteiger partial charge in [0.05, 0.1) is 16.3 Å². The zero-order valence-electron chi connectivity index (χ0n) is 13.4. The van der Waals surface area contributed by atoms with E-state index >= 15 is 0 Å². The van der Waals surface area contributed by atoms with E-state index < -0.39 is 0 Å². The normalized spacial score (nSPS) is 16.2. The average molecular weight is 350 g/mol. The molecular formula is C20H16ClN3O. The molecule has 124 valence electrons. The summed E-state index contributed by atoms with van der Waals surface area (Å²) in [6.07, 6.45) is 1.61. The van der Waals surface area contributed by atoms with Crippen LogP contribution in [0.4, 0.5) is 11.5 Å². The van der Waals surface area contributed by atoms with Crippen LogP contribution in [0.3, 0.4) is 0 Å². The van der Waals surface area contributed by atoms with Gasteiger partial charge < -0.3 is 10.1 Å². The third kappa shape index (κ3) is 3.49. The minimum Gasteiger partial charge on any atom is -0.475 e. The van der Waals surface area contributed by atoms with Crippen molar-refractivity contribution < 1.29 is 4.74 Å². The van der Waals surface area contributed by atoms with Gasteiger partial charge in [0.25, 0.3) is 0 Å². The number of aliphatic imine (C=N–C) groups is 1. The molecule has 0 spiro atoms. The largest absolute Gasteiger partial charge is 0.475 e. The molecule has 1 aromatic heterocycles. The molecule has 25 heavy (non-hydrogen) atoms. The number of halogens is 1. The highest BCUT2D eigenvalue weighted by Gasteiger charge is 2.23. The van der Waals surface area contributed by atoms with Crippen molar-refractivity contribution in [1.82, 2.24) is 4.98 Å². The fraction of sp³-hybridized carbons (Fsp3) is 0.100. The van der Waals surface area contributed by atoms with Gasteiger partial charge in [-0.25, -0.2) is 9.98 Å². The maximum absolute atomic E-state index is 5.89. The standard InChI is InChI=1S/C20H16ClN3O/c21-15-10-11-19(22-12-15)23-17-9-5-4-8-16(17)20-24-18(13-25-20)14-6-2-1-3-7-14/h1-12,18H,13H2,(H,22,23)/t18-/m1/s1. The number of para-hydroxylation sites is 1. The molecule has 0 saturated carbocycles. The summed E-state index contributed by atoms with van der Waals surface area (Å²) in [7, 11) is 0. The fourth-order valence-electron chi connectivity index (χ4n) is 2.73. The Kier molecular flexibility index (Phi) is 4.36. The number of pyridine rings is 1. The first-order valence-corrected chi connectivity index (χ1v) is 8.41. The Bertz CT molecular complexity index is 894. The summed E-state index contributed by atoms with van der Waals surface area (Å²) in [6.45, 7) is 0.548. The van der Waals surface area contributed by atoms with Crippen LogP contribution < -0.4 is 5.32 Å². The third-order valence-electron chi connectivity index (χ3n) is 3.98. The number of nitrogens with zero attached hydrogens (tertiary/aromatic N) is 2. The maximum Gasteiger partial charge on any atom is 0.219 e. The Morgan fingerprint density at radius 3 is 2.56 bits per heavy atom. The molecule has 0 amide bonds. The minimum atomic E-state index is 0.0258. The predicted molar refractivity (Wildman–Crippen MR) is 101 cm³/mol. The Balaban J connectivity index is 1.62. The Morgan fingerprint density at radius 1 is 0.960 bits per heavy atom. The summed E-state index contributed by atoms with van der Waals surface area (Å²) in [5, 5.41) is 3.91. The van der Waals surface area contributed by atoms with Gasteiger partial charge in [0.1, 0.15) is 18.5 Å². The van der Waals surface area contributed by atoms with Crippen molar-refractivity contribution in [3.63, 3.8) is 0 Å².